The second kappa shape index (κ2) is 10.5. The first-order chi connectivity index (χ1) is 15.3. The van der Waals surface area contributed by atoms with Crippen LogP contribution in [0.1, 0.15) is 27.0 Å². The molecular weight excluding hydrogens is 536 g/mol. The largest absolute Gasteiger partial charge is 0.493 e. The highest BCUT2D eigenvalue weighted by Gasteiger charge is 2.30. The Bertz CT molecular complexity index is 1120. The molecule has 9 heteroatoms. The van der Waals surface area contributed by atoms with Gasteiger partial charge >= 0.3 is 6.18 Å². The molecule has 0 radical (unpaired) electrons. The predicted molar refractivity (Wildman–Crippen MR) is 123 cm³/mol. The molecule has 0 bridgehead atoms. The first-order valence-electron chi connectivity index (χ1n) is 9.33. The Balaban J connectivity index is 1.69. The van der Waals surface area contributed by atoms with E-state index in [2.05, 4.69) is 33.1 Å². The molecule has 3 aromatic carbocycles. The summed E-state index contributed by atoms with van der Waals surface area (Å²) in [5, 5.41) is 3.84. The third kappa shape index (κ3) is 6.22. The fraction of sp³-hybridized carbons (Fsp3) is 0.130. The number of benzene rings is 3. The van der Waals surface area contributed by atoms with Gasteiger partial charge in [0.15, 0.2) is 11.5 Å². The van der Waals surface area contributed by atoms with Crippen LogP contribution in [0.5, 0.6) is 11.5 Å². The van der Waals surface area contributed by atoms with Crippen molar-refractivity contribution in [2.45, 2.75) is 12.8 Å². The van der Waals surface area contributed by atoms with Gasteiger partial charge in [-0.2, -0.15) is 18.3 Å². The van der Waals surface area contributed by atoms with Crippen molar-refractivity contribution in [2.75, 3.05) is 7.11 Å². The number of hydrazone groups is 1. The first-order valence-corrected chi connectivity index (χ1v) is 10.4. The van der Waals surface area contributed by atoms with Crippen LogP contribution >= 0.6 is 22.6 Å². The van der Waals surface area contributed by atoms with Gasteiger partial charge in [-0.15, -0.1) is 0 Å². The second-order valence-corrected chi connectivity index (χ2v) is 7.75. The van der Waals surface area contributed by atoms with E-state index in [1.54, 1.807) is 12.1 Å². The zero-order valence-corrected chi connectivity index (χ0v) is 19.0. The molecule has 0 heterocycles. The zero-order valence-electron chi connectivity index (χ0n) is 16.8. The standard InChI is InChI=1S/C23H18F3IN2O3/c1-31-20-11-16(10-19(27)21(20)32-14-15-6-3-2-4-7-15)13-28-29-22(30)17-8-5-9-18(12-17)23(24,25)26/h2-13H,14H2,1H3,(H,29,30)/b28-13-. The average molecular weight is 554 g/mol. The smallest absolute Gasteiger partial charge is 0.416 e. The summed E-state index contributed by atoms with van der Waals surface area (Å²) in [6.45, 7) is 0.369. The van der Waals surface area contributed by atoms with Gasteiger partial charge in [-0.3, -0.25) is 4.79 Å². The van der Waals surface area contributed by atoms with E-state index >= 15 is 0 Å². The van der Waals surface area contributed by atoms with E-state index in [-0.39, 0.29) is 5.56 Å². The van der Waals surface area contributed by atoms with Gasteiger partial charge in [0, 0.05) is 5.56 Å². The molecule has 0 aromatic heterocycles. The fourth-order valence-corrected chi connectivity index (χ4v) is 3.53. The van der Waals surface area contributed by atoms with Crippen molar-refractivity contribution < 1.29 is 27.4 Å². The Kier molecular flexibility index (Phi) is 7.73. The maximum Gasteiger partial charge on any atom is 0.416 e. The SMILES string of the molecule is COc1cc(/C=N\NC(=O)c2cccc(C(F)(F)F)c2)cc(I)c1OCc1ccccc1. The van der Waals surface area contributed by atoms with Gasteiger partial charge < -0.3 is 9.47 Å². The molecule has 0 unspecified atom stereocenters. The molecule has 32 heavy (non-hydrogen) atoms. The van der Waals surface area contributed by atoms with Crippen molar-refractivity contribution in [2.24, 2.45) is 5.10 Å². The second-order valence-electron chi connectivity index (χ2n) is 6.59. The van der Waals surface area contributed by atoms with Crippen molar-refractivity contribution in [3.8, 4) is 11.5 Å². The summed E-state index contributed by atoms with van der Waals surface area (Å²) in [5.74, 6) is 0.303. The Morgan fingerprint density at radius 1 is 1.09 bits per heavy atom. The first kappa shape index (κ1) is 23.6. The van der Waals surface area contributed by atoms with Gasteiger partial charge in [-0.05, 0) is 64.0 Å². The lowest BCUT2D eigenvalue weighted by molar-refractivity contribution is -0.137. The van der Waals surface area contributed by atoms with E-state index in [0.29, 0.717) is 23.7 Å². The molecule has 5 nitrogen and oxygen atoms in total. The summed E-state index contributed by atoms with van der Waals surface area (Å²) < 4.78 is 50.5. The lowest BCUT2D eigenvalue weighted by Crippen LogP contribution is -2.18. The summed E-state index contributed by atoms with van der Waals surface area (Å²) in [6, 6.07) is 17.3. The van der Waals surface area contributed by atoms with E-state index < -0.39 is 17.6 Å². The molecule has 0 aliphatic rings. The van der Waals surface area contributed by atoms with Gasteiger partial charge in [-0.25, -0.2) is 5.43 Å². The molecule has 1 amide bonds. The van der Waals surface area contributed by atoms with Crippen LogP contribution in [0.4, 0.5) is 13.2 Å². The number of ether oxygens (including phenoxy) is 2. The molecular formula is C23H18F3IN2O3. The number of nitrogens with zero attached hydrogens (tertiary/aromatic N) is 1. The number of alkyl halides is 3. The van der Waals surface area contributed by atoms with Gasteiger partial charge in [0.2, 0.25) is 0 Å². The number of rotatable bonds is 7. The van der Waals surface area contributed by atoms with Crippen molar-refractivity contribution in [3.05, 3.63) is 92.6 Å². The van der Waals surface area contributed by atoms with Gasteiger partial charge in [-0.1, -0.05) is 36.4 Å². The Labute approximate surface area is 196 Å². The molecule has 0 aliphatic carbocycles. The van der Waals surface area contributed by atoms with Crippen molar-refractivity contribution >= 4 is 34.7 Å². The summed E-state index contributed by atoms with van der Waals surface area (Å²) >= 11 is 2.10. The monoisotopic (exact) mass is 554 g/mol. The summed E-state index contributed by atoms with van der Waals surface area (Å²) in [5.41, 5.74) is 2.81. The molecule has 0 fully saturated rings. The highest BCUT2D eigenvalue weighted by molar-refractivity contribution is 14.1. The maximum absolute atomic E-state index is 12.8. The van der Waals surface area contributed by atoms with Gasteiger partial charge in [0.1, 0.15) is 6.61 Å². The van der Waals surface area contributed by atoms with Crippen LogP contribution < -0.4 is 14.9 Å². The van der Waals surface area contributed by atoms with Crippen LogP contribution in [-0.4, -0.2) is 19.2 Å². The molecule has 0 spiro atoms. The molecule has 0 saturated heterocycles. The predicted octanol–water partition coefficient (Wildman–Crippen LogP) is 5.66. The molecule has 0 atom stereocenters. The lowest BCUT2D eigenvalue weighted by atomic mass is 10.1. The fourth-order valence-electron chi connectivity index (χ4n) is 2.75. The normalized spacial score (nSPS) is 11.4. The molecule has 0 saturated carbocycles. The molecule has 0 aliphatic heterocycles. The van der Waals surface area contributed by atoms with E-state index in [4.69, 9.17) is 9.47 Å². The quantitative estimate of drug-likeness (QED) is 0.233. The third-order valence-electron chi connectivity index (χ3n) is 4.31. The number of hydrogen-bond donors (Lipinski definition) is 1. The molecule has 3 rings (SSSR count). The maximum atomic E-state index is 12.8. The number of halogens is 4. The topological polar surface area (TPSA) is 59.9 Å². The van der Waals surface area contributed by atoms with Gasteiger partial charge in [0.25, 0.3) is 5.91 Å². The average Bonchev–Trinajstić information content (AvgIpc) is 2.78. The van der Waals surface area contributed by atoms with E-state index in [9.17, 15) is 18.0 Å². The number of nitrogens with one attached hydrogen (secondary N) is 1. The number of carbonyl (C=O) groups excluding carboxylic acids is 1. The number of amides is 1. The van der Waals surface area contributed by atoms with Gasteiger partial charge in [0.05, 0.1) is 22.5 Å². The highest BCUT2D eigenvalue weighted by atomic mass is 127. The number of hydrogen-bond acceptors (Lipinski definition) is 4. The third-order valence-corrected chi connectivity index (χ3v) is 5.11. The Hall–Kier alpha value is -3.08. The van der Waals surface area contributed by atoms with E-state index in [1.807, 2.05) is 30.3 Å². The Morgan fingerprint density at radius 3 is 2.53 bits per heavy atom. The summed E-state index contributed by atoms with van der Waals surface area (Å²) in [7, 11) is 1.51. The summed E-state index contributed by atoms with van der Waals surface area (Å²) in [4.78, 5) is 12.1. The molecule has 3 aromatic rings. The summed E-state index contributed by atoms with van der Waals surface area (Å²) in [6.07, 6.45) is -3.16. The van der Waals surface area contributed by atoms with Crippen LogP contribution in [0, 0.1) is 3.57 Å². The minimum atomic E-state index is -4.53. The van der Waals surface area contributed by atoms with Crippen LogP contribution in [0.3, 0.4) is 0 Å². The zero-order chi connectivity index (χ0) is 23.1. The van der Waals surface area contributed by atoms with E-state index in [1.165, 1.54) is 25.5 Å². The lowest BCUT2D eigenvalue weighted by Gasteiger charge is -2.13. The van der Waals surface area contributed by atoms with Crippen molar-refractivity contribution in [3.63, 3.8) is 0 Å². The van der Waals surface area contributed by atoms with Crippen LogP contribution in [-0.2, 0) is 12.8 Å². The number of carbonyl (C=O) groups is 1. The molecule has 166 valence electrons. The van der Waals surface area contributed by atoms with Crippen LogP contribution in [0.2, 0.25) is 0 Å². The Morgan fingerprint density at radius 2 is 1.84 bits per heavy atom. The van der Waals surface area contributed by atoms with Crippen molar-refractivity contribution in [1.29, 1.82) is 0 Å². The minimum Gasteiger partial charge on any atom is -0.493 e. The van der Waals surface area contributed by atoms with E-state index in [0.717, 1.165) is 21.3 Å². The number of methoxy groups -OCH3 is 1. The van der Waals surface area contributed by atoms with Crippen LogP contribution in [0.15, 0.2) is 71.8 Å². The molecule has 1 N–H and O–H groups in total. The minimum absolute atomic E-state index is 0.145. The highest BCUT2D eigenvalue weighted by Crippen LogP contribution is 2.34. The van der Waals surface area contributed by atoms with Crippen molar-refractivity contribution in [1.82, 2.24) is 5.43 Å². The van der Waals surface area contributed by atoms with Crippen LogP contribution in [0.25, 0.3) is 0 Å².